The minimum atomic E-state index is -0.535. The Labute approximate surface area is 250 Å². The molecule has 1 atom stereocenters. The maximum absolute atomic E-state index is 13.6. The number of carbonyl (C=O) groups is 1. The Balaban J connectivity index is 1.35. The monoisotopic (exact) mass is 593 g/mol. The second kappa shape index (κ2) is 12.2. The van der Waals surface area contributed by atoms with E-state index in [9.17, 15) is 10.0 Å². The van der Waals surface area contributed by atoms with Gasteiger partial charge in [-0.3, -0.25) is 4.79 Å². The molecule has 3 heterocycles. The fraction of sp³-hybridized carbons (Fsp3) is 0.129. The zero-order chi connectivity index (χ0) is 29.8. The second-order valence-corrected chi connectivity index (χ2v) is 10.2. The van der Waals surface area contributed by atoms with Crippen LogP contribution in [0.2, 0.25) is 5.02 Å². The highest BCUT2D eigenvalue weighted by Gasteiger charge is 2.29. The summed E-state index contributed by atoms with van der Waals surface area (Å²) in [6.45, 7) is 0. The van der Waals surface area contributed by atoms with E-state index in [1.807, 2.05) is 36.4 Å². The van der Waals surface area contributed by atoms with Crippen LogP contribution in [-0.2, 0) is 22.4 Å². The number of carbonyl (C=O) groups excluding carboxylic acids is 1. The first-order valence-electron chi connectivity index (χ1n) is 13.3. The number of esters is 1. The van der Waals surface area contributed by atoms with Crippen molar-refractivity contribution in [1.82, 2.24) is 30.4 Å². The molecule has 1 unspecified atom stereocenters. The molecular formula is C31H24ClN7O4. The van der Waals surface area contributed by atoms with Gasteiger partial charge in [-0.1, -0.05) is 54.1 Å². The number of ether oxygens (including phenoxy) is 1. The molecular weight excluding hydrogens is 570 g/mol. The molecule has 0 aliphatic rings. The standard InChI is InChI=1S/C31H24ClN7O4/c1-42-29(40)16-21-7-9-22(10-8-21)30-34-35-31(43-30)26(15-20-5-3-2-4-6-20)28-13-11-23(18-39(28)41)25-17-24(32)12-14-27(25)38-19-33-36-37-38/h2-14,17-19,26H,15-16H2,1H3. The van der Waals surface area contributed by atoms with E-state index >= 15 is 0 Å². The van der Waals surface area contributed by atoms with Crippen LogP contribution >= 0.6 is 11.6 Å². The van der Waals surface area contributed by atoms with E-state index in [1.54, 1.807) is 48.5 Å². The van der Waals surface area contributed by atoms with Crippen LogP contribution in [0.1, 0.15) is 28.6 Å². The topological polar surface area (TPSA) is 136 Å². The largest absolute Gasteiger partial charge is 0.618 e. The molecule has 3 aromatic carbocycles. The summed E-state index contributed by atoms with van der Waals surface area (Å²) in [5.74, 6) is -0.258. The first-order valence-corrected chi connectivity index (χ1v) is 13.7. The fourth-order valence-corrected chi connectivity index (χ4v) is 4.97. The summed E-state index contributed by atoms with van der Waals surface area (Å²) in [5, 5.41) is 34.2. The molecule has 0 spiro atoms. The molecule has 0 saturated heterocycles. The van der Waals surface area contributed by atoms with Gasteiger partial charge >= 0.3 is 5.97 Å². The Bertz CT molecular complexity index is 1860. The molecule has 12 heteroatoms. The maximum atomic E-state index is 13.6. The first-order chi connectivity index (χ1) is 21.0. The predicted molar refractivity (Wildman–Crippen MR) is 156 cm³/mol. The molecule has 3 aromatic heterocycles. The lowest BCUT2D eigenvalue weighted by molar-refractivity contribution is -0.614. The lowest BCUT2D eigenvalue weighted by Crippen LogP contribution is -2.34. The lowest BCUT2D eigenvalue weighted by Gasteiger charge is -2.15. The zero-order valence-electron chi connectivity index (χ0n) is 22.9. The second-order valence-electron chi connectivity index (χ2n) is 9.72. The quantitative estimate of drug-likeness (QED) is 0.132. The Hall–Kier alpha value is -5.42. The minimum Gasteiger partial charge on any atom is -0.618 e. The van der Waals surface area contributed by atoms with Crippen LogP contribution in [0.5, 0.6) is 0 Å². The lowest BCUT2D eigenvalue weighted by atomic mass is 9.94. The smallest absolute Gasteiger partial charge is 0.309 e. The molecule has 0 radical (unpaired) electrons. The summed E-state index contributed by atoms with van der Waals surface area (Å²) in [6.07, 6.45) is 3.58. The van der Waals surface area contributed by atoms with Gasteiger partial charge in [-0.25, -0.2) is 0 Å². The van der Waals surface area contributed by atoms with Crippen molar-refractivity contribution < 1.29 is 18.7 Å². The molecule has 6 aromatic rings. The van der Waals surface area contributed by atoms with Crippen molar-refractivity contribution in [2.24, 2.45) is 0 Å². The third-order valence-corrected chi connectivity index (χ3v) is 7.20. The van der Waals surface area contributed by atoms with Gasteiger partial charge in [-0.05, 0) is 64.4 Å². The zero-order valence-corrected chi connectivity index (χ0v) is 23.6. The number of tetrazole rings is 1. The van der Waals surface area contributed by atoms with Gasteiger partial charge in [0.15, 0.2) is 6.20 Å². The van der Waals surface area contributed by atoms with Crippen molar-refractivity contribution in [3.63, 3.8) is 0 Å². The van der Waals surface area contributed by atoms with Gasteiger partial charge in [0.05, 0.1) is 19.2 Å². The summed E-state index contributed by atoms with van der Waals surface area (Å²) >= 11 is 6.32. The van der Waals surface area contributed by atoms with Crippen molar-refractivity contribution in [2.75, 3.05) is 7.11 Å². The third-order valence-electron chi connectivity index (χ3n) is 6.97. The Morgan fingerprint density at radius 1 is 1.00 bits per heavy atom. The Morgan fingerprint density at radius 2 is 1.79 bits per heavy atom. The van der Waals surface area contributed by atoms with Gasteiger partial charge in [0.25, 0.3) is 0 Å². The number of aromatic nitrogens is 7. The molecule has 214 valence electrons. The average Bonchev–Trinajstić information content (AvgIpc) is 3.74. The number of rotatable bonds is 9. The highest BCUT2D eigenvalue weighted by molar-refractivity contribution is 6.31. The molecule has 0 N–H and O–H groups in total. The van der Waals surface area contributed by atoms with Crippen LogP contribution in [0.3, 0.4) is 0 Å². The number of hydrogen-bond acceptors (Lipinski definition) is 9. The summed E-state index contributed by atoms with van der Waals surface area (Å²) in [7, 11) is 1.35. The van der Waals surface area contributed by atoms with E-state index in [1.165, 1.54) is 24.3 Å². The van der Waals surface area contributed by atoms with Crippen molar-refractivity contribution in [3.8, 4) is 28.3 Å². The number of hydrogen-bond donors (Lipinski definition) is 0. The number of pyridine rings is 1. The normalized spacial score (nSPS) is 11.8. The highest BCUT2D eigenvalue weighted by atomic mass is 35.5. The van der Waals surface area contributed by atoms with E-state index in [0.717, 1.165) is 15.9 Å². The van der Waals surface area contributed by atoms with Crippen LogP contribution in [0.4, 0.5) is 0 Å². The third kappa shape index (κ3) is 6.11. The van der Waals surface area contributed by atoms with Gasteiger partial charge < -0.3 is 14.4 Å². The van der Waals surface area contributed by atoms with Crippen LogP contribution in [0.25, 0.3) is 28.3 Å². The van der Waals surface area contributed by atoms with Crippen molar-refractivity contribution in [3.05, 3.63) is 130 Å². The molecule has 0 saturated carbocycles. The summed E-state index contributed by atoms with van der Waals surface area (Å²) in [5.41, 5.74) is 4.90. The van der Waals surface area contributed by atoms with E-state index in [-0.39, 0.29) is 12.4 Å². The Kier molecular flexibility index (Phi) is 7.88. The molecule has 0 fully saturated rings. The summed E-state index contributed by atoms with van der Waals surface area (Å²) in [4.78, 5) is 11.6. The average molecular weight is 594 g/mol. The van der Waals surface area contributed by atoms with Gasteiger partial charge in [0, 0.05) is 27.8 Å². The van der Waals surface area contributed by atoms with E-state index in [4.69, 9.17) is 20.8 Å². The summed E-state index contributed by atoms with van der Waals surface area (Å²) in [6, 6.07) is 25.9. The predicted octanol–water partition coefficient (Wildman–Crippen LogP) is 4.76. The SMILES string of the molecule is COC(=O)Cc1ccc(-c2nnc(C(Cc3ccccc3)c3ccc(-c4cc(Cl)ccc4-n4cnnn4)c[n+]3[O-])o2)cc1. The van der Waals surface area contributed by atoms with Crippen LogP contribution < -0.4 is 4.73 Å². The van der Waals surface area contributed by atoms with E-state index < -0.39 is 5.92 Å². The maximum Gasteiger partial charge on any atom is 0.309 e. The van der Waals surface area contributed by atoms with Crippen molar-refractivity contribution in [1.29, 1.82) is 0 Å². The minimum absolute atomic E-state index is 0.164. The van der Waals surface area contributed by atoms with Gasteiger partial charge in [-0.2, -0.15) is 9.41 Å². The van der Waals surface area contributed by atoms with Crippen molar-refractivity contribution >= 4 is 17.6 Å². The molecule has 43 heavy (non-hydrogen) atoms. The first kappa shape index (κ1) is 27.7. The fourth-order valence-electron chi connectivity index (χ4n) is 4.80. The molecule has 0 bridgehead atoms. The molecule has 0 aliphatic heterocycles. The van der Waals surface area contributed by atoms with E-state index in [0.29, 0.717) is 51.3 Å². The van der Waals surface area contributed by atoms with Crippen LogP contribution in [0, 0.1) is 5.21 Å². The molecule has 11 nitrogen and oxygen atoms in total. The van der Waals surface area contributed by atoms with Gasteiger partial charge in [-0.15, -0.1) is 15.3 Å². The molecule has 6 rings (SSSR count). The van der Waals surface area contributed by atoms with Gasteiger partial charge in [0.2, 0.25) is 17.5 Å². The van der Waals surface area contributed by atoms with Crippen molar-refractivity contribution in [2.45, 2.75) is 18.8 Å². The molecule has 0 amide bonds. The molecule has 0 aliphatic carbocycles. The Morgan fingerprint density at radius 3 is 2.51 bits per heavy atom. The summed E-state index contributed by atoms with van der Waals surface area (Å²) < 4.78 is 13.2. The number of benzene rings is 3. The van der Waals surface area contributed by atoms with Crippen LogP contribution in [0.15, 0.2) is 102 Å². The number of halogens is 1. The van der Waals surface area contributed by atoms with E-state index in [2.05, 4.69) is 25.7 Å². The number of methoxy groups -OCH3 is 1. The number of nitrogens with zero attached hydrogens (tertiary/aromatic N) is 7. The highest BCUT2D eigenvalue weighted by Crippen LogP contribution is 2.32. The van der Waals surface area contributed by atoms with Gasteiger partial charge in [0.1, 0.15) is 12.2 Å². The van der Waals surface area contributed by atoms with Crippen LogP contribution in [-0.4, -0.2) is 43.5 Å².